The molecule has 2 N–H and O–H groups in total. The number of ether oxygens (including phenoxy) is 1. The van der Waals surface area contributed by atoms with Gasteiger partial charge in [-0.25, -0.2) is 0 Å². The van der Waals surface area contributed by atoms with Crippen LogP contribution in [0.4, 0.5) is 0 Å². The molecule has 0 aromatic carbocycles. The zero-order valence-corrected chi connectivity index (χ0v) is 9.53. The van der Waals surface area contributed by atoms with Gasteiger partial charge in [-0.1, -0.05) is 11.6 Å². The zero-order valence-electron chi connectivity index (χ0n) is 9.53. The van der Waals surface area contributed by atoms with Crippen molar-refractivity contribution in [2.45, 2.75) is 25.8 Å². The summed E-state index contributed by atoms with van der Waals surface area (Å²) in [5.41, 5.74) is 7.01. The summed E-state index contributed by atoms with van der Waals surface area (Å²) in [6.07, 6.45) is 3.79. The van der Waals surface area contributed by atoms with Gasteiger partial charge in [0.1, 0.15) is 6.04 Å². The quantitative estimate of drug-likeness (QED) is 0.545. The molecular formula is C11H20N2O2. The molecule has 1 aliphatic heterocycles. The minimum atomic E-state index is -0.500. The Kier molecular flexibility index (Phi) is 4.78. The molecule has 15 heavy (non-hydrogen) atoms. The highest BCUT2D eigenvalue weighted by molar-refractivity contribution is 5.75. The molecule has 0 amide bonds. The summed E-state index contributed by atoms with van der Waals surface area (Å²) in [7, 11) is 2.08. The molecule has 4 heteroatoms. The minimum Gasteiger partial charge on any atom is -0.465 e. The number of carbonyl (C=O) groups is 1. The van der Waals surface area contributed by atoms with Crippen LogP contribution in [0.2, 0.25) is 0 Å². The van der Waals surface area contributed by atoms with Crippen molar-refractivity contribution in [2.75, 3.05) is 26.7 Å². The van der Waals surface area contributed by atoms with Crippen LogP contribution in [0.25, 0.3) is 0 Å². The Hall–Kier alpha value is -0.870. The summed E-state index contributed by atoms with van der Waals surface area (Å²) < 4.78 is 4.86. The van der Waals surface area contributed by atoms with E-state index in [-0.39, 0.29) is 5.97 Å². The Labute approximate surface area is 91.1 Å². The molecule has 0 saturated carbocycles. The maximum atomic E-state index is 11.3. The van der Waals surface area contributed by atoms with Gasteiger partial charge in [0.25, 0.3) is 0 Å². The van der Waals surface area contributed by atoms with Crippen molar-refractivity contribution < 1.29 is 9.53 Å². The molecular weight excluding hydrogens is 192 g/mol. The number of nitrogens with zero attached hydrogens (tertiary/aromatic N) is 1. The molecule has 0 spiro atoms. The van der Waals surface area contributed by atoms with E-state index in [4.69, 9.17) is 10.5 Å². The van der Waals surface area contributed by atoms with Crippen molar-refractivity contribution in [1.82, 2.24) is 4.90 Å². The fourth-order valence-corrected chi connectivity index (χ4v) is 1.61. The van der Waals surface area contributed by atoms with E-state index < -0.39 is 6.04 Å². The van der Waals surface area contributed by atoms with Crippen molar-refractivity contribution in [3.8, 4) is 0 Å². The fraction of sp³-hybridized carbons (Fsp3) is 0.727. The Morgan fingerprint density at radius 1 is 1.73 bits per heavy atom. The molecule has 0 aliphatic carbocycles. The Balaban J connectivity index is 2.37. The molecule has 0 radical (unpaired) electrons. The molecule has 1 atom stereocenters. The summed E-state index contributed by atoms with van der Waals surface area (Å²) in [5.74, 6) is -0.294. The molecule has 1 rings (SSSR count). The van der Waals surface area contributed by atoms with Gasteiger partial charge in [0, 0.05) is 13.1 Å². The lowest BCUT2D eigenvalue weighted by Gasteiger charge is -2.23. The molecule has 1 aliphatic rings. The van der Waals surface area contributed by atoms with Crippen molar-refractivity contribution in [3.05, 3.63) is 11.6 Å². The third kappa shape index (κ3) is 4.01. The van der Waals surface area contributed by atoms with Crippen LogP contribution in [0.15, 0.2) is 11.6 Å². The summed E-state index contributed by atoms with van der Waals surface area (Å²) in [6, 6.07) is -0.500. The van der Waals surface area contributed by atoms with Gasteiger partial charge < -0.3 is 15.4 Å². The third-order valence-electron chi connectivity index (χ3n) is 2.58. The summed E-state index contributed by atoms with van der Waals surface area (Å²) >= 11 is 0. The lowest BCUT2D eigenvalue weighted by atomic mass is 10.0. The highest BCUT2D eigenvalue weighted by Crippen LogP contribution is 2.14. The first-order chi connectivity index (χ1) is 7.13. The number of likely N-dealkylation sites (N-methyl/N-ethyl adjacent to an activating group) is 1. The van der Waals surface area contributed by atoms with Crippen molar-refractivity contribution in [1.29, 1.82) is 0 Å². The predicted octanol–water partition coefficient (Wildman–Crippen LogP) is 0.529. The fourth-order valence-electron chi connectivity index (χ4n) is 1.61. The van der Waals surface area contributed by atoms with E-state index in [2.05, 4.69) is 18.0 Å². The summed E-state index contributed by atoms with van der Waals surface area (Å²) in [4.78, 5) is 13.5. The Bertz CT molecular complexity index is 251. The van der Waals surface area contributed by atoms with Crippen LogP contribution >= 0.6 is 0 Å². The smallest absolute Gasteiger partial charge is 0.323 e. The summed E-state index contributed by atoms with van der Waals surface area (Å²) in [5, 5.41) is 0. The number of nitrogens with two attached hydrogens (primary N) is 1. The molecule has 86 valence electrons. The second kappa shape index (κ2) is 5.88. The normalized spacial score (nSPS) is 19.5. The van der Waals surface area contributed by atoms with Crippen LogP contribution in [-0.2, 0) is 9.53 Å². The third-order valence-corrected chi connectivity index (χ3v) is 2.58. The second-order valence-corrected chi connectivity index (χ2v) is 3.94. The molecule has 4 nitrogen and oxygen atoms in total. The zero-order chi connectivity index (χ0) is 11.3. The van der Waals surface area contributed by atoms with Crippen LogP contribution in [0.3, 0.4) is 0 Å². The standard InChI is InChI=1S/C11H20N2O2/c1-3-15-11(14)10(12)8-9-4-6-13(2)7-5-9/h4,10H,3,5-8,12H2,1-2H3. The molecule has 0 aromatic rings. The van der Waals surface area contributed by atoms with Crippen LogP contribution in [0.1, 0.15) is 19.8 Å². The van der Waals surface area contributed by atoms with Crippen LogP contribution in [0.5, 0.6) is 0 Å². The maximum absolute atomic E-state index is 11.3. The van der Waals surface area contributed by atoms with Gasteiger partial charge in [-0.05, 0) is 26.8 Å². The van der Waals surface area contributed by atoms with Gasteiger partial charge in [-0.15, -0.1) is 0 Å². The molecule has 0 aromatic heterocycles. The van der Waals surface area contributed by atoms with Gasteiger partial charge in [-0.2, -0.15) is 0 Å². The first-order valence-electron chi connectivity index (χ1n) is 5.42. The first-order valence-corrected chi connectivity index (χ1v) is 5.42. The predicted molar refractivity (Wildman–Crippen MR) is 59.4 cm³/mol. The van der Waals surface area contributed by atoms with Crippen molar-refractivity contribution in [2.24, 2.45) is 5.73 Å². The van der Waals surface area contributed by atoms with E-state index in [1.165, 1.54) is 5.57 Å². The van der Waals surface area contributed by atoms with E-state index in [1.807, 2.05) is 0 Å². The van der Waals surface area contributed by atoms with Crippen molar-refractivity contribution >= 4 is 5.97 Å². The molecule has 1 heterocycles. The molecule has 1 unspecified atom stereocenters. The number of esters is 1. The molecule has 0 saturated heterocycles. The van der Waals surface area contributed by atoms with Gasteiger partial charge in [0.05, 0.1) is 6.61 Å². The second-order valence-electron chi connectivity index (χ2n) is 3.94. The van der Waals surface area contributed by atoms with E-state index >= 15 is 0 Å². The minimum absolute atomic E-state index is 0.294. The molecule has 0 bridgehead atoms. The van der Waals surface area contributed by atoms with Gasteiger partial charge in [-0.3, -0.25) is 4.79 Å². The van der Waals surface area contributed by atoms with E-state index in [1.54, 1.807) is 6.92 Å². The SMILES string of the molecule is CCOC(=O)C(N)CC1=CCN(C)CC1. The van der Waals surface area contributed by atoms with E-state index in [9.17, 15) is 4.79 Å². The number of carbonyl (C=O) groups excluding carboxylic acids is 1. The summed E-state index contributed by atoms with van der Waals surface area (Å²) in [6.45, 7) is 4.18. The highest BCUT2D eigenvalue weighted by atomic mass is 16.5. The van der Waals surface area contributed by atoms with Gasteiger partial charge >= 0.3 is 5.97 Å². The van der Waals surface area contributed by atoms with Crippen LogP contribution in [0, 0.1) is 0 Å². The topological polar surface area (TPSA) is 55.6 Å². The monoisotopic (exact) mass is 212 g/mol. The number of hydrogen-bond acceptors (Lipinski definition) is 4. The maximum Gasteiger partial charge on any atom is 0.323 e. The van der Waals surface area contributed by atoms with E-state index in [0.29, 0.717) is 13.0 Å². The van der Waals surface area contributed by atoms with Gasteiger partial charge in [0.2, 0.25) is 0 Å². The lowest BCUT2D eigenvalue weighted by Crippen LogP contribution is -2.34. The average molecular weight is 212 g/mol. The first kappa shape index (κ1) is 12.2. The highest BCUT2D eigenvalue weighted by Gasteiger charge is 2.17. The Morgan fingerprint density at radius 2 is 2.47 bits per heavy atom. The lowest BCUT2D eigenvalue weighted by molar-refractivity contribution is -0.144. The molecule has 0 fully saturated rings. The number of rotatable bonds is 4. The Morgan fingerprint density at radius 3 is 3.00 bits per heavy atom. The van der Waals surface area contributed by atoms with Gasteiger partial charge in [0.15, 0.2) is 0 Å². The average Bonchev–Trinajstić information content (AvgIpc) is 2.22. The van der Waals surface area contributed by atoms with Crippen LogP contribution < -0.4 is 5.73 Å². The van der Waals surface area contributed by atoms with Crippen molar-refractivity contribution in [3.63, 3.8) is 0 Å². The van der Waals surface area contributed by atoms with E-state index in [0.717, 1.165) is 19.5 Å². The largest absolute Gasteiger partial charge is 0.465 e. The number of hydrogen-bond donors (Lipinski definition) is 1. The van der Waals surface area contributed by atoms with Crippen LogP contribution in [-0.4, -0.2) is 43.7 Å².